The van der Waals surface area contributed by atoms with Gasteiger partial charge in [0.05, 0.1) is 25.2 Å². The average Bonchev–Trinajstić information content (AvgIpc) is 2.29. The van der Waals surface area contributed by atoms with Crippen LogP contribution in [0.1, 0.15) is 29.8 Å². The van der Waals surface area contributed by atoms with Gasteiger partial charge in [0.15, 0.2) is 0 Å². The molecule has 1 aromatic carbocycles. The molecule has 0 radical (unpaired) electrons. The van der Waals surface area contributed by atoms with Crippen molar-refractivity contribution in [2.75, 3.05) is 13.2 Å². The number of hydrogen-bond acceptors (Lipinski definition) is 4. The highest BCUT2D eigenvalue weighted by molar-refractivity contribution is 6.30. The van der Waals surface area contributed by atoms with E-state index in [9.17, 15) is 9.59 Å². The molecule has 4 nitrogen and oxygen atoms in total. The van der Waals surface area contributed by atoms with Gasteiger partial charge in [-0.1, -0.05) is 11.6 Å². The van der Waals surface area contributed by atoms with Crippen LogP contribution in [0.4, 0.5) is 0 Å². The van der Waals surface area contributed by atoms with E-state index in [2.05, 4.69) is 0 Å². The zero-order chi connectivity index (χ0) is 13.5. The molecule has 0 saturated carbocycles. The number of carbonyl (C=O) groups is 2. The molecule has 0 N–H and O–H groups in total. The molecule has 0 aromatic heterocycles. The van der Waals surface area contributed by atoms with Gasteiger partial charge in [-0.15, -0.1) is 0 Å². The molecule has 0 bridgehead atoms. The lowest BCUT2D eigenvalue weighted by Gasteiger charge is -2.09. The number of ether oxygens (including phenoxy) is 2. The molecule has 1 aromatic rings. The molecule has 0 heterocycles. The molecule has 1 rings (SSSR count). The second-order valence-electron chi connectivity index (χ2n) is 3.50. The zero-order valence-corrected chi connectivity index (χ0v) is 11.1. The van der Waals surface area contributed by atoms with Gasteiger partial charge in [0.25, 0.3) is 0 Å². The molecule has 0 atom stereocenters. The van der Waals surface area contributed by atoms with E-state index in [0.29, 0.717) is 22.8 Å². The standard InChI is InChI=1S/C13H15ClO4/c1-3-17-12(15)8-9-7-10(14)5-6-11(9)13(16)18-4-2/h5-7H,3-4,8H2,1-2H3. The predicted octanol–water partition coefficient (Wildman–Crippen LogP) is 2.62. The molecular formula is C13H15ClO4. The number of benzene rings is 1. The van der Waals surface area contributed by atoms with Gasteiger partial charge >= 0.3 is 11.9 Å². The van der Waals surface area contributed by atoms with E-state index in [-0.39, 0.29) is 13.0 Å². The lowest BCUT2D eigenvalue weighted by molar-refractivity contribution is -0.142. The number of rotatable bonds is 5. The molecule has 0 saturated heterocycles. The second kappa shape index (κ2) is 7.01. The Hall–Kier alpha value is -1.55. The van der Waals surface area contributed by atoms with Crippen LogP contribution in [0.5, 0.6) is 0 Å². The van der Waals surface area contributed by atoms with Gasteiger partial charge in [0.1, 0.15) is 0 Å². The first kappa shape index (κ1) is 14.5. The van der Waals surface area contributed by atoms with Crippen LogP contribution in [0, 0.1) is 0 Å². The van der Waals surface area contributed by atoms with Crippen molar-refractivity contribution in [3.8, 4) is 0 Å². The molecule has 98 valence electrons. The molecule has 0 aliphatic heterocycles. The molecule has 5 heteroatoms. The van der Waals surface area contributed by atoms with Crippen molar-refractivity contribution in [2.24, 2.45) is 0 Å². The highest BCUT2D eigenvalue weighted by Gasteiger charge is 2.16. The van der Waals surface area contributed by atoms with E-state index in [1.807, 2.05) is 0 Å². The van der Waals surface area contributed by atoms with Crippen LogP contribution in [0.3, 0.4) is 0 Å². The summed E-state index contributed by atoms with van der Waals surface area (Å²) in [6, 6.07) is 4.71. The van der Waals surface area contributed by atoms with Crippen molar-refractivity contribution >= 4 is 23.5 Å². The Morgan fingerprint density at radius 1 is 1.17 bits per heavy atom. The third-order valence-corrected chi connectivity index (χ3v) is 2.44. The Balaban J connectivity index is 2.96. The van der Waals surface area contributed by atoms with Crippen molar-refractivity contribution < 1.29 is 19.1 Å². The fourth-order valence-corrected chi connectivity index (χ4v) is 1.68. The van der Waals surface area contributed by atoms with Gasteiger partial charge in [-0.25, -0.2) is 4.79 Å². The van der Waals surface area contributed by atoms with Gasteiger partial charge in [0, 0.05) is 5.02 Å². The fourth-order valence-electron chi connectivity index (χ4n) is 1.48. The second-order valence-corrected chi connectivity index (χ2v) is 3.94. The summed E-state index contributed by atoms with van der Waals surface area (Å²) in [4.78, 5) is 23.1. The molecular weight excluding hydrogens is 256 g/mol. The average molecular weight is 271 g/mol. The third kappa shape index (κ3) is 4.04. The Kier molecular flexibility index (Phi) is 5.65. The Morgan fingerprint density at radius 3 is 2.44 bits per heavy atom. The number of hydrogen-bond donors (Lipinski definition) is 0. The maximum atomic E-state index is 11.7. The summed E-state index contributed by atoms with van der Waals surface area (Å²) in [6.07, 6.45) is 0.00253. The van der Waals surface area contributed by atoms with E-state index < -0.39 is 11.9 Å². The first-order chi connectivity index (χ1) is 8.58. The van der Waals surface area contributed by atoms with E-state index in [1.54, 1.807) is 32.0 Å². The molecule has 0 fully saturated rings. The van der Waals surface area contributed by atoms with Gasteiger partial charge in [0.2, 0.25) is 0 Å². The summed E-state index contributed by atoms with van der Waals surface area (Å²) < 4.78 is 9.76. The molecule has 0 aliphatic rings. The molecule has 0 amide bonds. The predicted molar refractivity (Wildman–Crippen MR) is 67.7 cm³/mol. The number of carbonyl (C=O) groups excluding carboxylic acids is 2. The topological polar surface area (TPSA) is 52.6 Å². The van der Waals surface area contributed by atoms with Crippen LogP contribution in [-0.2, 0) is 20.7 Å². The minimum atomic E-state index is -0.464. The number of halogens is 1. The SMILES string of the molecule is CCOC(=O)Cc1cc(Cl)ccc1C(=O)OCC. The van der Waals surface area contributed by atoms with E-state index in [1.165, 1.54) is 0 Å². The van der Waals surface area contributed by atoms with Gasteiger partial charge < -0.3 is 9.47 Å². The minimum Gasteiger partial charge on any atom is -0.466 e. The van der Waals surface area contributed by atoms with E-state index in [0.717, 1.165) is 0 Å². The van der Waals surface area contributed by atoms with Crippen molar-refractivity contribution in [1.29, 1.82) is 0 Å². The first-order valence-electron chi connectivity index (χ1n) is 5.69. The molecule has 0 unspecified atom stereocenters. The summed E-state index contributed by atoms with van der Waals surface area (Å²) in [7, 11) is 0. The molecule has 0 spiro atoms. The largest absolute Gasteiger partial charge is 0.466 e. The lowest BCUT2D eigenvalue weighted by Crippen LogP contribution is -2.13. The summed E-state index contributed by atoms with van der Waals surface area (Å²) >= 11 is 5.85. The fraction of sp³-hybridized carbons (Fsp3) is 0.385. The van der Waals surface area contributed by atoms with Crippen LogP contribution in [0.2, 0.25) is 5.02 Å². The van der Waals surface area contributed by atoms with Crippen molar-refractivity contribution in [2.45, 2.75) is 20.3 Å². The van der Waals surface area contributed by atoms with Crippen LogP contribution in [0.25, 0.3) is 0 Å². The van der Waals surface area contributed by atoms with Crippen molar-refractivity contribution in [3.63, 3.8) is 0 Å². The Bertz CT molecular complexity index is 443. The number of esters is 2. The summed E-state index contributed by atoms with van der Waals surface area (Å²) in [5.74, 6) is -0.862. The van der Waals surface area contributed by atoms with E-state index in [4.69, 9.17) is 21.1 Å². The maximum Gasteiger partial charge on any atom is 0.338 e. The minimum absolute atomic E-state index is 0.00253. The van der Waals surface area contributed by atoms with Crippen LogP contribution in [0.15, 0.2) is 18.2 Å². The molecule has 18 heavy (non-hydrogen) atoms. The first-order valence-corrected chi connectivity index (χ1v) is 6.07. The van der Waals surface area contributed by atoms with Crippen LogP contribution in [-0.4, -0.2) is 25.2 Å². The normalized spacial score (nSPS) is 9.94. The monoisotopic (exact) mass is 270 g/mol. The van der Waals surface area contributed by atoms with Crippen molar-refractivity contribution in [3.05, 3.63) is 34.3 Å². The third-order valence-electron chi connectivity index (χ3n) is 2.20. The Labute approximate surface area is 111 Å². The van der Waals surface area contributed by atoms with Gasteiger partial charge in [-0.2, -0.15) is 0 Å². The quantitative estimate of drug-likeness (QED) is 0.772. The summed E-state index contributed by atoms with van der Waals surface area (Å²) in [5.41, 5.74) is 0.855. The van der Waals surface area contributed by atoms with Gasteiger partial charge in [-0.3, -0.25) is 4.79 Å². The highest BCUT2D eigenvalue weighted by atomic mass is 35.5. The lowest BCUT2D eigenvalue weighted by atomic mass is 10.0. The van der Waals surface area contributed by atoms with Crippen LogP contribution >= 0.6 is 11.6 Å². The van der Waals surface area contributed by atoms with Crippen LogP contribution < -0.4 is 0 Å². The Morgan fingerprint density at radius 2 is 1.83 bits per heavy atom. The highest BCUT2D eigenvalue weighted by Crippen LogP contribution is 2.18. The van der Waals surface area contributed by atoms with Crippen molar-refractivity contribution in [1.82, 2.24) is 0 Å². The summed E-state index contributed by atoms with van der Waals surface area (Å²) in [5, 5.41) is 0.461. The maximum absolute atomic E-state index is 11.7. The smallest absolute Gasteiger partial charge is 0.338 e. The van der Waals surface area contributed by atoms with Gasteiger partial charge in [-0.05, 0) is 37.6 Å². The summed E-state index contributed by atoms with van der Waals surface area (Å²) in [6.45, 7) is 4.02. The van der Waals surface area contributed by atoms with E-state index >= 15 is 0 Å². The molecule has 0 aliphatic carbocycles. The zero-order valence-electron chi connectivity index (χ0n) is 10.4.